The molecule has 6 atom stereocenters. The number of ether oxygens (including phenoxy) is 6. The van der Waals surface area contributed by atoms with Crippen molar-refractivity contribution in [3.8, 4) is 23.0 Å². The van der Waals surface area contributed by atoms with Crippen molar-refractivity contribution in [2.24, 2.45) is 5.92 Å². The van der Waals surface area contributed by atoms with Crippen molar-refractivity contribution in [1.29, 1.82) is 0 Å². The average Bonchev–Trinajstić information content (AvgIpc) is 3.94. The van der Waals surface area contributed by atoms with Crippen LogP contribution in [-0.2, 0) is 25.7 Å². The molecule has 0 saturated carbocycles. The summed E-state index contributed by atoms with van der Waals surface area (Å²) in [5.41, 5.74) is 2.10. The number of fused-ring (bicyclic) bond motifs is 4. The molecule has 23 nitrogen and oxygen atoms in total. The van der Waals surface area contributed by atoms with E-state index >= 15 is 0 Å². The van der Waals surface area contributed by atoms with Crippen molar-refractivity contribution in [2.45, 2.75) is 83.3 Å². The number of aliphatic hydroxyl groups excluding tert-OH is 2. The second-order valence-corrected chi connectivity index (χ2v) is 18.6. The zero-order chi connectivity index (χ0) is 54.4. The summed E-state index contributed by atoms with van der Waals surface area (Å²) in [4.78, 5) is 97.2. The van der Waals surface area contributed by atoms with E-state index in [1.165, 1.54) is 61.3 Å². The van der Waals surface area contributed by atoms with E-state index in [4.69, 9.17) is 28.4 Å². The molecule has 2 saturated heterocycles. The summed E-state index contributed by atoms with van der Waals surface area (Å²) in [5, 5.41) is 41.1. The minimum absolute atomic E-state index is 0.00512. The minimum atomic E-state index is -1.59. The zero-order valence-electron chi connectivity index (χ0n) is 42.2. The Morgan fingerprint density at radius 2 is 1.25 bits per heavy atom. The number of carboxylic acid groups (broad SMARTS) is 1. The van der Waals surface area contributed by atoms with E-state index in [9.17, 15) is 48.9 Å². The van der Waals surface area contributed by atoms with Gasteiger partial charge in [0.25, 0.3) is 11.8 Å². The Bertz CT molecular complexity index is 2770. The number of alkyl carbamates (subject to hydrolysis) is 1. The van der Waals surface area contributed by atoms with Crippen molar-refractivity contribution in [2.75, 3.05) is 62.2 Å². The van der Waals surface area contributed by atoms with Gasteiger partial charge in [0, 0.05) is 37.3 Å². The van der Waals surface area contributed by atoms with Crippen LogP contribution in [0.1, 0.15) is 66.3 Å². The first-order chi connectivity index (χ1) is 35.8. The van der Waals surface area contributed by atoms with Gasteiger partial charge in [-0.2, -0.15) is 0 Å². The highest BCUT2D eigenvalue weighted by Gasteiger charge is 2.48. The number of carbonyl (C=O) groups excluding carboxylic acids is 6. The third-order valence-corrected chi connectivity index (χ3v) is 13.0. The zero-order valence-corrected chi connectivity index (χ0v) is 42.2. The summed E-state index contributed by atoms with van der Waals surface area (Å²) in [7, 11) is 2.74. The number of hydrogen-bond acceptors (Lipinski definition) is 15. The van der Waals surface area contributed by atoms with E-state index in [0.717, 1.165) is 9.80 Å². The van der Waals surface area contributed by atoms with Crippen LogP contribution in [0.5, 0.6) is 23.0 Å². The molecule has 400 valence electrons. The number of methoxy groups -OCH3 is 2. The Labute approximate surface area is 432 Å². The van der Waals surface area contributed by atoms with E-state index in [1.54, 1.807) is 38.1 Å². The molecule has 4 aliphatic heterocycles. The molecule has 75 heavy (non-hydrogen) atoms. The Hall–Kier alpha value is -8.31. The van der Waals surface area contributed by atoms with E-state index in [0.29, 0.717) is 22.4 Å². The largest absolute Gasteiger partial charge is 0.493 e. The van der Waals surface area contributed by atoms with Crippen LogP contribution in [0, 0.1) is 5.92 Å². The highest BCUT2D eigenvalue weighted by Crippen LogP contribution is 2.44. The number of aliphatic hydroxyl groups is 2. The van der Waals surface area contributed by atoms with Crippen LogP contribution in [0.4, 0.5) is 31.4 Å². The van der Waals surface area contributed by atoms with E-state index < -0.39 is 78.5 Å². The number of benzene rings is 3. The molecule has 4 heterocycles. The van der Waals surface area contributed by atoms with Gasteiger partial charge in [0.2, 0.25) is 11.8 Å². The van der Waals surface area contributed by atoms with Crippen LogP contribution in [0.2, 0.25) is 0 Å². The number of hydrogen-bond donors (Lipinski definition) is 6. The van der Waals surface area contributed by atoms with Gasteiger partial charge in [-0.05, 0) is 55.5 Å². The lowest BCUT2D eigenvalue weighted by molar-refractivity contribution is -0.128. The maximum absolute atomic E-state index is 14.2. The van der Waals surface area contributed by atoms with Crippen LogP contribution in [-0.4, -0.2) is 151 Å². The number of rotatable bonds is 18. The fraction of sp³-hybridized carbons (Fsp3) is 0.404. The van der Waals surface area contributed by atoms with Crippen molar-refractivity contribution in [1.82, 2.24) is 20.4 Å². The van der Waals surface area contributed by atoms with Crippen molar-refractivity contribution in [3.05, 3.63) is 102 Å². The fourth-order valence-electron chi connectivity index (χ4n) is 9.16. The smallest absolute Gasteiger partial charge is 0.416 e. The average molecular weight is 1040 g/mol. The molecule has 2 unspecified atom stereocenters. The normalized spacial score (nSPS) is 19.6. The molecule has 6 N–H and O–H groups in total. The van der Waals surface area contributed by atoms with Gasteiger partial charge in [-0.3, -0.25) is 19.2 Å². The molecule has 3 aromatic carbocycles. The van der Waals surface area contributed by atoms with Crippen LogP contribution < -0.4 is 44.7 Å². The van der Waals surface area contributed by atoms with Crippen LogP contribution in [0.15, 0.2) is 85.5 Å². The molecule has 0 spiro atoms. The van der Waals surface area contributed by atoms with Gasteiger partial charge in [0.05, 0.1) is 62.0 Å². The molecule has 3 aromatic rings. The summed E-state index contributed by atoms with van der Waals surface area (Å²) in [6, 6.07) is 8.12. The summed E-state index contributed by atoms with van der Waals surface area (Å²) >= 11 is 0. The first-order valence-electron chi connectivity index (χ1n) is 24.0. The van der Waals surface area contributed by atoms with E-state index in [2.05, 4.69) is 35.7 Å². The van der Waals surface area contributed by atoms with E-state index in [1.807, 2.05) is 0 Å². The Balaban J connectivity index is 1.02. The van der Waals surface area contributed by atoms with Gasteiger partial charge >= 0.3 is 18.3 Å². The number of nitrogens with one attached hydrogen (secondary N) is 3. The summed E-state index contributed by atoms with van der Waals surface area (Å²) in [5.74, 6) is -2.00. The van der Waals surface area contributed by atoms with Gasteiger partial charge in [-0.25, -0.2) is 24.2 Å². The summed E-state index contributed by atoms with van der Waals surface area (Å²) in [6.45, 7) is 16.3. The topological polar surface area (TPSA) is 285 Å². The number of carbonyl (C=O) groups is 7. The molecule has 2 fully saturated rings. The molecule has 0 aromatic heterocycles. The van der Waals surface area contributed by atoms with Crippen molar-refractivity contribution >= 4 is 59.0 Å². The second-order valence-electron chi connectivity index (χ2n) is 18.6. The Kier molecular flexibility index (Phi) is 16.9. The maximum atomic E-state index is 14.2. The molecular weight excluding hydrogens is 979 g/mol. The molecule has 7 rings (SSSR count). The predicted molar refractivity (Wildman–Crippen MR) is 270 cm³/mol. The van der Waals surface area contributed by atoms with Crippen molar-refractivity contribution < 1.29 is 77.3 Å². The monoisotopic (exact) mass is 1040 g/mol. The molecular formula is C52H61N7O16. The predicted octanol–water partition coefficient (Wildman–Crippen LogP) is 4.76. The first-order valence-corrected chi connectivity index (χ1v) is 24.0. The third kappa shape index (κ3) is 11.7. The third-order valence-electron chi connectivity index (χ3n) is 13.0. The molecule has 23 heteroatoms. The molecule has 0 radical (unpaired) electrons. The van der Waals surface area contributed by atoms with Gasteiger partial charge in [-0.1, -0.05) is 62.9 Å². The van der Waals surface area contributed by atoms with Gasteiger partial charge in [-0.15, -0.1) is 0 Å². The van der Waals surface area contributed by atoms with Crippen LogP contribution in [0.3, 0.4) is 0 Å². The molecule has 0 aliphatic carbocycles. The fourth-order valence-corrected chi connectivity index (χ4v) is 9.16. The lowest BCUT2D eigenvalue weighted by Crippen LogP contribution is -2.53. The first kappa shape index (κ1) is 54.5. The quantitative estimate of drug-likeness (QED) is 0.0740. The van der Waals surface area contributed by atoms with E-state index in [-0.39, 0.29) is 110 Å². The van der Waals surface area contributed by atoms with Crippen molar-refractivity contribution in [3.63, 3.8) is 0 Å². The lowest BCUT2D eigenvalue weighted by Gasteiger charge is -2.31. The highest BCUT2D eigenvalue weighted by atomic mass is 16.6. The SMILES string of the molecule is C=CCOC(=O)NC(C(=O)NC(C)C(=O)Nc1ccc(COC(=O)N2c3cc(OCCCOc4cc5c(cc4OC)C(=O)N4CC(=C)C[C@H]4[C@H](O)N5C(=O)O)c(OC)cc3C(=O)N3CC(=C)C[C@H]3[C@@H]2O)cc1)C(C)C. The van der Waals surface area contributed by atoms with Gasteiger partial charge < -0.3 is 69.5 Å². The summed E-state index contributed by atoms with van der Waals surface area (Å²) < 4.78 is 34.0. The van der Waals surface area contributed by atoms with Crippen LogP contribution >= 0.6 is 0 Å². The lowest BCUT2D eigenvalue weighted by atomic mass is 10.0. The highest BCUT2D eigenvalue weighted by molar-refractivity contribution is 6.07. The number of anilines is 3. The minimum Gasteiger partial charge on any atom is -0.493 e. The number of amides is 7. The summed E-state index contributed by atoms with van der Waals surface area (Å²) in [6.07, 6.45) is -4.44. The molecule has 4 aliphatic rings. The Morgan fingerprint density at radius 1 is 0.733 bits per heavy atom. The number of nitrogens with zero attached hydrogens (tertiary/aromatic N) is 4. The van der Waals surface area contributed by atoms with Gasteiger partial charge in [0.1, 0.15) is 25.3 Å². The van der Waals surface area contributed by atoms with Gasteiger partial charge in [0.15, 0.2) is 35.5 Å². The Morgan fingerprint density at radius 3 is 1.75 bits per heavy atom. The standard InChI is InChI=1S/C52H61N7O16/c1-9-15-74-50(66)55-43(27(2)3)45(61)53-30(6)44(60)54-32-13-11-31(12-14-32)26-75-52(69)59-36-23-42(40(71-8)21-34(36)47(63)57-25-29(5)19-38(57)49(59)65)73-17-10-16-72-41-22-35-33(20-39(41)70-7)46(62)56-24-28(4)18-37(56)48(64)58(35)51(67)68/h9,11-14,20-23,27,30,37-38,43,48-49,64-65H,1,4-5,10,15-19,24-26H2,2-3,6-8H3,(H,53,61)(H,54,60)(H,55,66)(H,67,68)/t30?,37-,38-,43?,48-,49-/m0/s1. The second kappa shape index (κ2) is 23.3. The molecule has 0 bridgehead atoms. The maximum Gasteiger partial charge on any atom is 0.416 e. The molecule has 7 amide bonds. The van der Waals surface area contributed by atoms with Crippen LogP contribution in [0.25, 0.3) is 0 Å².